The van der Waals surface area contributed by atoms with E-state index in [0.717, 1.165) is 42.9 Å². The van der Waals surface area contributed by atoms with E-state index in [4.69, 9.17) is 9.47 Å². The zero-order valence-corrected chi connectivity index (χ0v) is 16.4. The first kappa shape index (κ1) is 20.1. The molecule has 1 fully saturated rings. The molecule has 28 heavy (non-hydrogen) atoms. The van der Waals surface area contributed by atoms with Crippen LogP contribution in [0.5, 0.6) is 5.75 Å². The van der Waals surface area contributed by atoms with E-state index >= 15 is 0 Å². The van der Waals surface area contributed by atoms with Crippen molar-refractivity contribution in [1.82, 2.24) is 0 Å². The van der Waals surface area contributed by atoms with Gasteiger partial charge in [-0.05, 0) is 62.1 Å². The molecule has 0 aromatic heterocycles. The number of nitrogens with one attached hydrogen (secondary N) is 1. The molecule has 0 saturated carbocycles. The quantitative estimate of drug-likeness (QED) is 0.768. The third kappa shape index (κ3) is 5.23. The molecule has 150 valence electrons. The SMILES string of the molecule is COc1cccc(COC(C)C(=O)Nc2cc(F)ccc2N2CCCCC2)c1. The average molecular weight is 386 g/mol. The van der Waals surface area contributed by atoms with E-state index < -0.39 is 6.10 Å². The van der Waals surface area contributed by atoms with Gasteiger partial charge < -0.3 is 19.7 Å². The maximum atomic E-state index is 13.8. The first-order chi connectivity index (χ1) is 13.6. The topological polar surface area (TPSA) is 50.8 Å². The molecule has 1 heterocycles. The number of ether oxygens (including phenoxy) is 2. The minimum absolute atomic E-state index is 0.286. The van der Waals surface area contributed by atoms with Gasteiger partial charge in [0.25, 0.3) is 5.91 Å². The number of anilines is 2. The van der Waals surface area contributed by atoms with Crippen LogP contribution in [0.15, 0.2) is 42.5 Å². The predicted octanol–water partition coefficient (Wildman–Crippen LogP) is 4.37. The first-order valence-corrected chi connectivity index (χ1v) is 9.66. The summed E-state index contributed by atoms with van der Waals surface area (Å²) in [6.07, 6.45) is 2.73. The summed E-state index contributed by atoms with van der Waals surface area (Å²) in [6, 6.07) is 12.0. The Morgan fingerprint density at radius 1 is 1.18 bits per heavy atom. The van der Waals surface area contributed by atoms with Crippen LogP contribution < -0.4 is 15.0 Å². The number of nitrogens with zero attached hydrogens (tertiary/aromatic N) is 1. The third-order valence-electron chi connectivity index (χ3n) is 4.92. The number of hydrogen-bond donors (Lipinski definition) is 1. The Morgan fingerprint density at radius 3 is 2.71 bits per heavy atom. The fourth-order valence-electron chi connectivity index (χ4n) is 3.31. The van der Waals surface area contributed by atoms with Gasteiger partial charge >= 0.3 is 0 Å². The van der Waals surface area contributed by atoms with E-state index in [9.17, 15) is 9.18 Å². The standard InChI is InChI=1S/C22H27FN2O3/c1-16(28-15-17-7-6-8-19(13-17)27-2)22(26)24-20-14-18(23)9-10-21(20)25-11-4-3-5-12-25/h6-10,13-14,16H,3-5,11-12,15H2,1-2H3,(H,24,26). The van der Waals surface area contributed by atoms with Crippen LogP contribution in [0.25, 0.3) is 0 Å². The van der Waals surface area contributed by atoms with Crippen molar-refractivity contribution in [3.63, 3.8) is 0 Å². The summed E-state index contributed by atoms with van der Waals surface area (Å²) in [7, 11) is 1.61. The molecule has 0 aliphatic carbocycles. The Morgan fingerprint density at radius 2 is 1.96 bits per heavy atom. The van der Waals surface area contributed by atoms with Crippen LogP contribution in [0.1, 0.15) is 31.7 Å². The zero-order chi connectivity index (χ0) is 19.9. The minimum Gasteiger partial charge on any atom is -0.497 e. The molecule has 2 aromatic carbocycles. The first-order valence-electron chi connectivity index (χ1n) is 9.66. The van der Waals surface area contributed by atoms with Gasteiger partial charge in [0.05, 0.1) is 25.1 Å². The summed E-state index contributed by atoms with van der Waals surface area (Å²) in [5.74, 6) is 0.0666. The lowest BCUT2D eigenvalue weighted by molar-refractivity contribution is -0.127. The van der Waals surface area contributed by atoms with Gasteiger partial charge in [-0.1, -0.05) is 12.1 Å². The Balaban J connectivity index is 1.63. The number of amides is 1. The Kier molecular flexibility index (Phi) is 6.87. The van der Waals surface area contributed by atoms with Crippen molar-refractivity contribution < 1.29 is 18.7 Å². The van der Waals surface area contributed by atoms with Crippen molar-refractivity contribution >= 4 is 17.3 Å². The highest BCUT2D eigenvalue weighted by molar-refractivity contribution is 5.97. The number of carbonyl (C=O) groups excluding carboxylic acids is 1. The minimum atomic E-state index is -0.677. The van der Waals surface area contributed by atoms with Crippen molar-refractivity contribution in [3.8, 4) is 5.75 Å². The predicted molar refractivity (Wildman–Crippen MR) is 108 cm³/mol. The number of methoxy groups -OCH3 is 1. The van der Waals surface area contributed by atoms with E-state index in [0.29, 0.717) is 5.69 Å². The molecule has 1 atom stereocenters. The van der Waals surface area contributed by atoms with E-state index in [1.165, 1.54) is 18.6 Å². The van der Waals surface area contributed by atoms with Crippen LogP contribution in [0.4, 0.5) is 15.8 Å². The van der Waals surface area contributed by atoms with Gasteiger partial charge in [0.15, 0.2) is 0 Å². The van der Waals surface area contributed by atoms with Gasteiger partial charge in [-0.3, -0.25) is 4.79 Å². The summed E-state index contributed by atoms with van der Waals surface area (Å²) >= 11 is 0. The lowest BCUT2D eigenvalue weighted by atomic mass is 10.1. The summed E-state index contributed by atoms with van der Waals surface area (Å²) in [5.41, 5.74) is 2.26. The molecule has 0 radical (unpaired) electrons. The highest BCUT2D eigenvalue weighted by Crippen LogP contribution is 2.29. The van der Waals surface area contributed by atoms with Gasteiger partial charge in [0.1, 0.15) is 17.7 Å². The molecular weight excluding hydrogens is 359 g/mol. The second-order valence-electron chi connectivity index (χ2n) is 7.00. The molecular formula is C22H27FN2O3. The van der Waals surface area contributed by atoms with Crippen LogP contribution >= 0.6 is 0 Å². The van der Waals surface area contributed by atoms with Crippen LogP contribution in [-0.2, 0) is 16.1 Å². The summed E-state index contributed by atoms with van der Waals surface area (Å²) in [4.78, 5) is 14.8. The zero-order valence-electron chi connectivity index (χ0n) is 16.4. The van der Waals surface area contributed by atoms with E-state index in [2.05, 4.69) is 10.2 Å². The van der Waals surface area contributed by atoms with Crippen molar-refractivity contribution in [3.05, 3.63) is 53.8 Å². The molecule has 6 heteroatoms. The Hall–Kier alpha value is -2.60. The second-order valence-corrected chi connectivity index (χ2v) is 7.00. The number of benzene rings is 2. The van der Waals surface area contributed by atoms with Crippen LogP contribution in [0.2, 0.25) is 0 Å². The van der Waals surface area contributed by atoms with Gasteiger partial charge in [0.2, 0.25) is 0 Å². The molecule has 1 saturated heterocycles. The molecule has 1 aliphatic rings. The van der Waals surface area contributed by atoms with Crippen LogP contribution in [-0.4, -0.2) is 32.2 Å². The largest absolute Gasteiger partial charge is 0.497 e. The van der Waals surface area contributed by atoms with Gasteiger partial charge in [-0.15, -0.1) is 0 Å². The third-order valence-corrected chi connectivity index (χ3v) is 4.92. The van der Waals surface area contributed by atoms with E-state index in [1.54, 1.807) is 20.1 Å². The summed E-state index contributed by atoms with van der Waals surface area (Å²) < 4.78 is 24.7. The molecule has 1 aliphatic heterocycles. The second kappa shape index (κ2) is 9.55. The van der Waals surface area contributed by atoms with Crippen LogP contribution in [0, 0.1) is 5.82 Å². The van der Waals surface area contributed by atoms with Crippen molar-refractivity contribution in [2.75, 3.05) is 30.4 Å². The summed E-state index contributed by atoms with van der Waals surface area (Å²) in [5, 5.41) is 2.84. The van der Waals surface area contributed by atoms with Gasteiger partial charge in [-0.25, -0.2) is 4.39 Å². The van der Waals surface area contributed by atoms with Crippen molar-refractivity contribution in [2.45, 2.75) is 38.9 Å². The number of halogens is 1. The molecule has 1 unspecified atom stereocenters. The highest BCUT2D eigenvalue weighted by atomic mass is 19.1. The fourth-order valence-corrected chi connectivity index (χ4v) is 3.31. The highest BCUT2D eigenvalue weighted by Gasteiger charge is 2.19. The monoisotopic (exact) mass is 386 g/mol. The molecule has 1 N–H and O–H groups in total. The molecule has 0 spiro atoms. The number of hydrogen-bond acceptors (Lipinski definition) is 4. The van der Waals surface area contributed by atoms with Gasteiger partial charge in [-0.2, -0.15) is 0 Å². The summed E-state index contributed by atoms with van der Waals surface area (Å²) in [6.45, 7) is 3.80. The van der Waals surface area contributed by atoms with E-state index in [1.807, 2.05) is 24.3 Å². The number of rotatable bonds is 7. The maximum Gasteiger partial charge on any atom is 0.253 e. The van der Waals surface area contributed by atoms with Crippen molar-refractivity contribution in [2.24, 2.45) is 0 Å². The Labute approximate surface area is 165 Å². The van der Waals surface area contributed by atoms with Crippen LogP contribution in [0.3, 0.4) is 0 Å². The lowest BCUT2D eigenvalue weighted by Gasteiger charge is -2.30. The number of carbonyl (C=O) groups is 1. The molecule has 3 rings (SSSR count). The normalized spacial score (nSPS) is 15.2. The molecule has 5 nitrogen and oxygen atoms in total. The van der Waals surface area contributed by atoms with Gasteiger partial charge in [0, 0.05) is 13.1 Å². The fraction of sp³-hybridized carbons (Fsp3) is 0.409. The molecule has 1 amide bonds. The smallest absolute Gasteiger partial charge is 0.253 e. The molecule has 0 bridgehead atoms. The number of piperidine rings is 1. The Bertz CT molecular complexity index is 806. The maximum absolute atomic E-state index is 13.8. The average Bonchev–Trinajstić information content (AvgIpc) is 2.73. The lowest BCUT2D eigenvalue weighted by Crippen LogP contribution is -2.32. The molecule has 2 aromatic rings. The van der Waals surface area contributed by atoms with E-state index in [-0.39, 0.29) is 18.3 Å². The van der Waals surface area contributed by atoms with Crippen molar-refractivity contribution in [1.29, 1.82) is 0 Å².